The number of ether oxygens (including phenoxy) is 1. The number of aryl methyl sites for hydroxylation is 1. The van der Waals surface area contributed by atoms with Crippen LogP contribution in [0.3, 0.4) is 0 Å². The number of aromatic nitrogens is 3. The fourth-order valence-corrected chi connectivity index (χ4v) is 2.47. The van der Waals surface area contributed by atoms with Gasteiger partial charge < -0.3 is 9.72 Å². The van der Waals surface area contributed by atoms with Crippen molar-refractivity contribution in [2.45, 2.75) is 38.2 Å². The van der Waals surface area contributed by atoms with E-state index in [1.165, 1.54) is 6.42 Å². The molecule has 0 saturated heterocycles. The number of fused-ring (bicyclic) bond motifs is 1. The Morgan fingerprint density at radius 1 is 1.47 bits per heavy atom. The van der Waals surface area contributed by atoms with Gasteiger partial charge in [-0.2, -0.15) is 0 Å². The van der Waals surface area contributed by atoms with Crippen LogP contribution in [-0.2, 0) is 11.2 Å². The molecule has 0 aromatic carbocycles. The minimum Gasteiger partial charge on any atom is -0.378 e. The fourth-order valence-electron chi connectivity index (χ4n) is 2.47. The maximum absolute atomic E-state index is 5.62. The number of rotatable bonds is 3. The molecule has 0 aliphatic heterocycles. The van der Waals surface area contributed by atoms with Crippen LogP contribution >= 0.6 is 0 Å². The molecule has 4 nitrogen and oxygen atoms in total. The van der Waals surface area contributed by atoms with Gasteiger partial charge in [0, 0.05) is 19.7 Å². The number of hydrogen-bond donors (Lipinski definition) is 1. The van der Waals surface area contributed by atoms with Crippen LogP contribution in [0.25, 0.3) is 11.2 Å². The third kappa shape index (κ3) is 1.82. The number of aromatic amines is 1. The summed E-state index contributed by atoms with van der Waals surface area (Å²) in [5.74, 6) is 0.986. The molecule has 0 spiro atoms. The summed E-state index contributed by atoms with van der Waals surface area (Å²) in [6.45, 7) is 2.04. The van der Waals surface area contributed by atoms with Crippen molar-refractivity contribution in [2.75, 3.05) is 7.11 Å². The van der Waals surface area contributed by atoms with Gasteiger partial charge >= 0.3 is 0 Å². The summed E-state index contributed by atoms with van der Waals surface area (Å²) in [7, 11) is 1.80. The highest BCUT2D eigenvalue weighted by Crippen LogP contribution is 2.37. The lowest BCUT2D eigenvalue weighted by molar-refractivity contribution is -0.0719. The maximum Gasteiger partial charge on any atom is 0.177 e. The zero-order valence-electron chi connectivity index (χ0n) is 10.3. The summed E-state index contributed by atoms with van der Waals surface area (Å²) < 4.78 is 5.62. The second-order valence-corrected chi connectivity index (χ2v) is 4.98. The number of H-pyrrole nitrogens is 1. The Morgan fingerprint density at radius 3 is 2.94 bits per heavy atom. The van der Waals surface area contributed by atoms with Crippen molar-refractivity contribution < 1.29 is 4.74 Å². The predicted molar refractivity (Wildman–Crippen MR) is 65.9 cm³/mol. The van der Waals surface area contributed by atoms with Crippen LogP contribution < -0.4 is 0 Å². The molecule has 4 heteroatoms. The van der Waals surface area contributed by atoms with Gasteiger partial charge in [-0.3, -0.25) is 0 Å². The Balaban J connectivity index is 1.90. The zero-order chi connectivity index (χ0) is 11.9. The summed E-state index contributed by atoms with van der Waals surface area (Å²) in [5.41, 5.74) is 2.99. The van der Waals surface area contributed by atoms with E-state index in [0.29, 0.717) is 0 Å². The van der Waals surface area contributed by atoms with E-state index in [2.05, 4.69) is 21.0 Å². The second-order valence-electron chi connectivity index (χ2n) is 4.98. The van der Waals surface area contributed by atoms with E-state index in [4.69, 9.17) is 4.74 Å². The number of nitrogens with zero attached hydrogens (tertiary/aromatic N) is 2. The van der Waals surface area contributed by atoms with E-state index in [9.17, 15) is 0 Å². The van der Waals surface area contributed by atoms with E-state index < -0.39 is 0 Å². The molecule has 90 valence electrons. The van der Waals surface area contributed by atoms with E-state index >= 15 is 0 Å². The van der Waals surface area contributed by atoms with Crippen molar-refractivity contribution in [1.82, 2.24) is 15.0 Å². The van der Waals surface area contributed by atoms with E-state index in [1.54, 1.807) is 7.11 Å². The van der Waals surface area contributed by atoms with Crippen molar-refractivity contribution in [1.29, 1.82) is 0 Å². The van der Waals surface area contributed by atoms with E-state index in [-0.39, 0.29) is 5.60 Å². The summed E-state index contributed by atoms with van der Waals surface area (Å²) in [4.78, 5) is 12.2. The lowest BCUT2D eigenvalue weighted by Crippen LogP contribution is -2.41. The Morgan fingerprint density at radius 2 is 2.29 bits per heavy atom. The SMILES string of the molecule is COC1(Cc2nc3ncc(C)cc3[nH]2)CCC1. The molecule has 2 heterocycles. The minimum absolute atomic E-state index is 0.0168. The lowest BCUT2D eigenvalue weighted by atomic mass is 9.77. The Hall–Kier alpha value is -1.42. The monoisotopic (exact) mass is 231 g/mol. The molecule has 17 heavy (non-hydrogen) atoms. The Kier molecular flexibility index (Phi) is 2.40. The van der Waals surface area contributed by atoms with Gasteiger partial charge in [-0.1, -0.05) is 0 Å². The molecular weight excluding hydrogens is 214 g/mol. The highest BCUT2D eigenvalue weighted by molar-refractivity contribution is 5.70. The van der Waals surface area contributed by atoms with Gasteiger partial charge in [0.25, 0.3) is 0 Å². The third-order valence-corrected chi connectivity index (χ3v) is 3.71. The van der Waals surface area contributed by atoms with Crippen LogP contribution in [0.2, 0.25) is 0 Å². The summed E-state index contributed by atoms with van der Waals surface area (Å²) in [6.07, 6.45) is 6.23. The van der Waals surface area contributed by atoms with Crippen LogP contribution in [0.1, 0.15) is 30.7 Å². The first kappa shape index (κ1) is 10.7. The van der Waals surface area contributed by atoms with Gasteiger partial charge in [-0.05, 0) is 37.8 Å². The van der Waals surface area contributed by atoms with E-state index in [1.807, 2.05) is 13.1 Å². The highest BCUT2D eigenvalue weighted by atomic mass is 16.5. The molecule has 1 aliphatic rings. The molecule has 0 unspecified atom stereocenters. The van der Waals surface area contributed by atoms with Gasteiger partial charge in [0.2, 0.25) is 0 Å². The zero-order valence-corrected chi connectivity index (χ0v) is 10.3. The third-order valence-electron chi connectivity index (χ3n) is 3.71. The molecule has 2 aromatic heterocycles. The topological polar surface area (TPSA) is 50.8 Å². The standard InChI is InChI=1S/C13H17N3O/c1-9-6-10-12(14-8-9)16-11(15-10)7-13(17-2)4-3-5-13/h6,8H,3-5,7H2,1-2H3,(H,14,15,16). The average Bonchev–Trinajstić information content (AvgIpc) is 2.65. The quantitative estimate of drug-likeness (QED) is 0.882. The average molecular weight is 231 g/mol. The number of imidazole rings is 1. The molecule has 1 aliphatic carbocycles. The summed E-state index contributed by atoms with van der Waals surface area (Å²) >= 11 is 0. The summed E-state index contributed by atoms with van der Waals surface area (Å²) in [6, 6.07) is 2.08. The molecule has 0 atom stereocenters. The molecule has 2 aromatic rings. The number of methoxy groups -OCH3 is 1. The Bertz CT molecular complexity index is 537. The molecule has 1 fully saturated rings. The van der Waals surface area contributed by atoms with Crippen LogP contribution in [0.5, 0.6) is 0 Å². The van der Waals surface area contributed by atoms with Crippen molar-refractivity contribution >= 4 is 11.2 Å². The Labute approximate surface area is 100 Å². The maximum atomic E-state index is 5.62. The van der Waals surface area contributed by atoms with Gasteiger partial charge in [0.1, 0.15) is 5.82 Å². The van der Waals surface area contributed by atoms with Crippen LogP contribution in [0, 0.1) is 6.92 Å². The van der Waals surface area contributed by atoms with Crippen molar-refractivity contribution in [3.63, 3.8) is 0 Å². The smallest absolute Gasteiger partial charge is 0.177 e. The first-order valence-corrected chi connectivity index (χ1v) is 6.07. The van der Waals surface area contributed by atoms with Gasteiger partial charge in [0.15, 0.2) is 5.65 Å². The van der Waals surface area contributed by atoms with Crippen LogP contribution in [0.15, 0.2) is 12.3 Å². The largest absolute Gasteiger partial charge is 0.378 e. The van der Waals surface area contributed by atoms with Gasteiger partial charge in [-0.15, -0.1) is 0 Å². The molecule has 0 bridgehead atoms. The van der Waals surface area contributed by atoms with Crippen molar-refractivity contribution in [3.05, 3.63) is 23.7 Å². The normalized spacial score (nSPS) is 18.2. The molecule has 0 radical (unpaired) electrons. The fraction of sp³-hybridized carbons (Fsp3) is 0.538. The van der Waals surface area contributed by atoms with Crippen LogP contribution in [0.4, 0.5) is 0 Å². The van der Waals surface area contributed by atoms with E-state index in [0.717, 1.165) is 41.8 Å². The van der Waals surface area contributed by atoms with Gasteiger partial charge in [0.05, 0.1) is 11.1 Å². The second kappa shape index (κ2) is 3.81. The lowest BCUT2D eigenvalue weighted by Gasteiger charge is -2.39. The molecular formula is C13H17N3O. The number of hydrogen-bond acceptors (Lipinski definition) is 3. The summed E-state index contributed by atoms with van der Waals surface area (Å²) in [5, 5.41) is 0. The number of nitrogens with one attached hydrogen (secondary N) is 1. The van der Waals surface area contributed by atoms with Crippen molar-refractivity contribution in [3.8, 4) is 0 Å². The van der Waals surface area contributed by atoms with Crippen LogP contribution in [-0.4, -0.2) is 27.7 Å². The molecule has 0 amide bonds. The highest BCUT2D eigenvalue weighted by Gasteiger charge is 2.37. The predicted octanol–water partition coefficient (Wildman–Crippen LogP) is 2.38. The molecule has 1 N–H and O–H groups in total. The molecule has 3 rings (SSSR count). The molecule has 1 saturated carbocycles. The minimum atomic E-state index is 0.0168. The van der Waals surface area contributed by atoms with Gasteiger partial charge in [-0.25, -0.2) is 9.97 Å². The first-order valence-electron chi connectivity index (χ1n) is 6.07. The number of pyridine rings is 1. The first-order chi connectivity index (χ1) is 8.21. The van der Waals surface area contributed by atoms with Crippen molar-refractivity contribution in [2.24, 2.45) is 0 Å².